The van der Waals surface area contributed by atoms with Crippen LogP contribution in [0, 0.1) is 0 Å². The van der Waals surface area contributed by atoms with Crippen molar-refractivity contribution in [1.29, 1.82) is 0 Å². The Morgan fingerprint density at radius 1 is 1.24 bits per heavy atom. The number of rotatable bonds is 5. The second-order valence-electron chi connectivity index (χ2n) is 6.05. The maximum atomic E-state index is 12.6. The molecule has 1 aromatic carbocycles. The van der Waals surface area contributed by atoms with Crippen molar-refractivity contribution in [1.82, 2.24) is 20.2 Å². The second kappa shape index (κ2) is 11.3. The zero-order chi connectivity index (χ0) is 19.9. The van der Waals surface area contributed by atoms with Crippen LogP contribution in [0.4, 0.5) is 14.7 Å². The van der Waals surface area contributed by atoms with Crippen LogP contribution in [0.2, 0.25) is 5.02 Å². The van der Waals surface area contributed by atoms with Crippen LogP contribution in [0.5, 0.6) is 5.75 Å². The van der Waals surface area contributed by atoms with E-state index < -0.39 is 6.61 Å². The summed E-state index contributed by atoms with van der Waals surface area (Å²) in [7, 11) is 1.68. The fraction of sp³-hybridized carbons (Fsp3) is 0.389. The third-order valence-corrected chi connectivity index (χ3v) is 4.54. The Morgan fingerprint density at radius 2 is 1.93 bits per heavy atom. The first kappa shape index (κ1) is 23.3. The highest BCUT2D eigenvalue weighted by atomic mass is 127. The summed E-state index contributed by atoms with van der Waals surface area (Å²) in [5, 5.41) is 3.64. The quantitative estimate of drug-likeness (QED) is 0.358. The van der Waals surface area contributed by atoms with Gasteiger partial charge in [-0.25, -0.2) is 9.97 Å². The lowest BCUT2D eigenvalue weighted by Gasteiger charge is -2.36. The number of ether oxygens (including phenoxy) is 1. The van der Waals surface area contributed by atoms with Crippen LogP contribution in [0.15, 0.2) is 41.7 Å². The van der Waals surface area contributed by atoms with Gasteiger partial charge < -0.3 is 19.9 Å². The Morgan fingerprint density at radius 3 is 2.55 bits per heavy atom. The molecule has 0 amide bonds. The molecular formula is C18H22ClF2IN6O. The van der Waals surface area contributed by atoms with Crippen LogP contribution in [-0.4, -0.2) is 60.7 Å². The van der Waals surface area contributed by atoms with Crippen molar-refractivity contribution in [3.8, 4) is 5.75 Å². The third kappa shape index (κ3) is 6.53. The minimum atomic E-state index is -2.90. The molecule has 0 aliphatic carbocycles. The summed E-state index contributed by atoms with van der Waals surface area (Å²) in [6, 6.07) is 6.34. The Balaban J connectivity index is 0.00000300. The number of nitrogens with zero attached hydrogens (tertiary/aromatic N) is 5. The topological polar surface area (TPSA) is 65.9 Å². The maximum absolute atomic E-state index is 12.6. The number of anilines is 1. The van der Waals surface area contributed by atoms with Crippen LogP contribution in [0.25, 0.3) is 0 Å². The van der Waals surface area contributed by atoms with Crippen molar-refractivity contribution in [3.05, 3.63) is 47.2 Å². The summed E-state index contributed by atoms with van der Waals surface area (Å²) < 4.78 is 29.8. The molecule has 0 saturated carbocycles. The Labute approximate surface area is 190 Å². The summed E-state index contributed by atoms with van der Waals surface area (Å²) in [4.78, 5) is 17.0. The van der Waals surface area contributed by atoms with Crippen LogP contribution in [0.1, 0.15) is 5.56 Å². The number of benzene rings is 1. The Bertz CT molecular complexity index is 806. The highest BCUT2D eigenvalue weighted by Gasteiger charge is 2.21. The highest BCUT2D eigenvalue weighted by Crippen LogP contribution is 2.24. The van der Waals surface area contributed by atoms with Crippen molar-refractivity contribution in [3.63, 3.8) is 0 Å². The first-order valence-corrected chi connectivity index (χ1v) is 9.15. The lowest BCUT2D eigenvalue weighted by Crippen LogP contribution is -2.52. The molecule has 0 atom stereocenters. The number of aromatic nitrogens is 2. The first-order valence-electron chi connectivity index (χ1n) is 8.77. The summed E-state index contributed by atoms with van der Waals surface area (Å²) in [5.41, 5.74) is 0.533. The average Bonchev–Trinajstić information content (AvgIpc) is 2.71. The number of hydrogen-bond donors (Lipinski definition) is 1. The predicted molar refractivity (Wildman–Crippen MR) is 120 cm³/mol. The smallest absolute Gasteiger partial charge is 0.387 e. The summed E-state index contributed by atoms with van der Waals surface area (Å²) in [6.45, 7) is 0.329. The highest BCUT2D eigenvalue weighted by molar-refractivity contribution is 14.0. The molecule has 2 aromatic rings. The Kier molecular flexibility index (Phi) is 9.08. The van der Waals surface area contributed by atoms with E-state index in [2.05, 4.69) is 34.8 Å². The molecule has 1 fully saturated rings. The van der Waals surface area contributed by atoms with E-state index in [0.29, 0.717) is 22.5 Å². The van der Waals surface area contributed by atoms with Gasteiger partial charge in [-0.1, -0.05) is 11.6 Å². The number of piperazine rings is 1. The largest absolute Gasteiger partial charge is 0.434 e. The van der Waals surface area contributed by atoms with E-state index in [9.17, 15) is 8.78 Å². The van der Waals surface area contributed by atoms with Gasteiger partial charge in [0.2, 0.25) is 5.95 Å². The van der Waals surface area contributed by atoms with Gasteiger partial charge in [0, 0.05) is 62.8 Å². The van der Waals surface area contributed by atoms with Crippen molar-refractivity contribution in [2.45, 2.75) is 13.2 Å². The molecular weight excluding hydrogens is 517 g/mol. The summed E-state index contributed by atoms with van der Waals surface area (Å²) in [6.07, 6.45) is 3.44. The molecule has 1 aliphatic rings. The van der Waals surface area contributed by atoms with Crippen LogP contribution >= 0.6 is 35.6 Å². The van der Waals surface area contributed by atoms with Gasteiger partial charge in [-0.2, -0.15) is 8.78 Å². The summed E-state index contributed by atoms with van der Waals surface area (Å²) >= 11 is 6.00. The molecule has 1 saturated heterocycles. The van der Waals surface area contributed by atoms with Gasteiger partial charge >= 0.3 is 6.61 Å². The van der Waals surface area contributed by atoms with Crippen molar-refractivity contribution >= 4 is 47.5 Å². The molecule has 1 N–H and O–H groups in total. The van der Waals surface area contributed by atoms with E-state index >= 15 is 0 Å². The lowest BCUT2D eigenvalue weighted by atomic mass is 10.2. The predicted octanol–water partition coefficient (Wildman–Crippen LogP) is 3.25. The SMILES string of the molecule is CN=C(NCc1cc(Cl)ccc1OC(F)F)N1CCN(c2ncccn2)CC1.I. The van der Waals surface area contributed by atoms with Gasteiger partial charge in [0.05, 0.1) is 0 Å². The molecule has 29 heavy (non-hydrogen) atoms. The number of guanidine groups is 1. The minimum Gasteiger partial charge on any atom is -0.434 e. The minimum absolute atomic E-state index is 0. The van der Waals surface area contributed by atoms with Gasteiger partial charge in [-0.05, 0) is 24.3 Å². The fourth-order valence-corrected chi connectivity index (χ4v) is 3.17. The van der Waals surface area contributed by atoms with E-state index in [4.69, 9.17) is 11.6 Å². The van der Waals surface area contributed by atoms with Crippen LogP contribution in [0.3, 0.4) is 0 Å². The lowest BCUT2D eigenvalue weighted by molar-refractivity contribution is -0.0504. The van der Waals surface area contributed by atoms with Crippen molar-refractivity contribution in [2.24, 2.45) is 4.99 Å². The molecule has 0 radical (unpaired) electrons. The second-order valence-corrected chi connectivity index (χ2v) is 6.49. The van der Waals surface area contributed by atoms with E-state index in [1.807, 2.05) is 0 Å². The van der Waals surface area contributed by atoms with Gasteiger partial charge in [-0.15, -0.1) is 24.0 Å². The van der Waals surface area contributed by atoms with Crippen LogP contribution in [-0.2, 0) is 6.54 Å². The zero-order valence-electron chi connectivity index (χ0n) is 15.8. The molecule has 11 heteroatoms. The molecule has 0 bridgehead atoms. The molecule has 1 aliphatic heterocycles. The van der Waals surface area contributed by atoms with E-state index in [-0.39, 0.29) is 36.3 Å². The normalized spacial score (nSPS) is 14.6. The average molecular weight is 539 g/mol. The van der Waals surface area contributed by atoms with Crippen molar-refractivity contribution < 1.29 is 13.5 Å². The van der Waals surface area contributed by atoms with E-state index in [1.54, 1.807) is 31.6 Å². The molecule has 0 spiro atoms. The zero-order valence-corrected chi connectivity index (χ0v) is 18.8. The number of halogens is 4. The molecule has 1 aromatic heterocycles. The Hall–Kier alpha value is -1.95. The van der Waals surface area contributed by atoms with E-state index in [1.165, 1.54) is 12.1 Å². The van der Waals surface area contributed by atoms with Gasteiger partial charge in [0.25, 0.3) is 0 Å². The molecule has 3 rings (SSSR count). The molecule has 7 nitrogen and oxygen atoms in total. The molecule has 2 heterocycles. The van der Waals surface area contributed by atoms with Gasteiger partial charge in [0.1, 0.15) is 5.75 Å². The fourth-order valence-electron chi connectivity index (χ4n) is 2.98. The number of aliphatic imine (C=N–C) groups is 1. The van der Waals surface area contributed by atoms with Crippen molar-refractivity contribution in [2.75, 3.05) is 38.1 Å². The monoisotopic (exact) mass is 538 g/mol. The number of nitrogens with one attached hydrogen (secondary N) is 1. The first-order chi connectivity index (χ1) is 13.6. The maximum Gasteiger partial charge on any atom is 0.387 e. The number of alkyl halides is 2. The van der Waals surface area contributed by atoms with Crippen LogP contribution < -0.4 is 15.0 Å². The molecule has 158 valence electrons. The number of hydrogen-bond acceptors (Lipinski definition) is 5. The molecule has 0 unspecified atom stereocenters. The standard InChI is InChI=1S/C18H21ClF2N6O.HI/c1-22-17(25-12-13-11-14(19)3-4-15(13)28-16(20)21)26-7-9-27(10-8-26)18-23-5-2-6-24-18;/h2-6,11,16H,7-10,12H2,1H3,(H,22,25);1H. The summed E-state index contributed by atoms with van der Waals surface area (Å²) in [5.74, 6) is 1.47. The third-order valence-electron chi connectivity index (χ3n) is 4.30. The van der Waals surface area contributed by atoms with Gasteiger partial charge in [0.15, 0.2) is 5.96 Å². The van der Waals surface area contributed by atoms with Gasteiger partial charge in [-0.3, -0.25) is 4.99 Å². The van der Waals surface area contributed by atoms with E-state index in [0.717, 1.165) is 26.2 Å².